The van der Waals surface area contributed by atoms with Gasteiger partial charge in [-0.2, -0.15) is 5.10 Å². The molecule has 26 heavy (non-hydrogen) atoms. The molecule has 0 unspecified atom stereocenters. The molecule has 0 saturated carbocycles. The first kappa shape index (κ1) is 14.6. The number of aromatic nitrogens is 2. The topological polar surface area (TPSA) is 115 Å². The number of carbonyl (C=O) groups is 1. The highest BCUT2D eigenvalue weighted by molar-refractivity contribution is 5.95. The number of nitrogens with two attached hydrogens (primary N) is 2. The van der Waals surface area contributed by atoms with Crippen molar-refractivity contribution in [2.24, 2.45) is 5.73 Å². The molecule has 0 bridgehead atoms. The second-order valence-electron chi connectivity index (χ2n) is 6.03. The fraction of sp³-hybridized carbons (Fsp3) is 0.111. The van der Waals surface area contributed by atoms with Crippen LogP contribution in [0.2, 0.25) is 0 Å². The lowest BCUT2D eigenvalue weighted by Gasteiger charge is -2.20. The number of fused-ring (bicyclic) bond motifs is 4. The Morgan fingerprint density at radius 1 is 1.04 bits per heavy atom. The monoisotopic (exact) mass is 350 g/mol. The third-order valence-electron chi connectivity index (χ3n) is 4.45. The van der Waals surface area contributed by atoms with E-state index >= 15 is 0 Å². The first-order valence-corrected chi connectivity index (χ1v) is 7.96. The van der Waals surface area contributed by atoms with E-state index in [1.165, 1.54) is 0 Å². The fourth-order valence-electron chi connectivity index (χ4n) is 3.27. The van der Waals surface area contributed by atoms with Crippen molar-refractivity contribution < 1.29 is 19.0 Å². The predicted octanol–water partition coefficient (Wildman–Crippen LogP) is 1.84. The number of nitrogens with zero attached hydrogens (tertiary/aromatic N) is 2. The van der Waals surface area contributed by atoms with Crippen LogP contribution in [0.25, 0.3) is 16.9 Å². The molecule has 5 rings (SSSR count). The standard InChI is InChI=1S/C18H14N4O4/c19-9-1-3-13-11(5-9)17-12(7-24-13)16(18(20)23)21-22(17)10-2-4-14-15(6-10)26-8-25-14/h1-6H,7-8,19H2,(H2,20,23). The number of nitrogen functional groups attached to an aromatic ring is 1. The Morgan fingerprint density at radius 2 is 1.85 bits per heavy atom. The van der Waals surface area contributed by atoms with E-state index < -0.39 is 5.91 Å². The Morgan fingerprint density at radius 3 is 2.69 bits per heavy atom. The third kappa shape index (κ3) is 2.02. The molecule has 4 N–H and O–H groups in total. The Balaban J connectivity index is 1.78. The summed E-state index contributed by atoms with van der Waals surface area (Å²) in [6, 6.07) is 10.8. The van der Waals surface area contributed by atoms with Crippen molar-refractivity contribution in [2.45, 2.75) is 6.61 Å². The number of amides is 1. The van der Waals surface area contributed by atoms with E-state index in [9.17, 15) is 4.79 Å². The van der Waals surface area contributed by atoms with Crippen LogP contribution < -0.4 is 25.7 Å². The maximum Gasteiger partial charge on any atom is 0.269 e. The first-order chi connectivity index (χ1) is 12.6. The van der Waals surface area contributed by atoms with Gasteiger partial charge in [-0.15, -0.1) is 0 Å². The van der Waals surface area contributed by atoms with Crippen LogP contribution in [0.3, 0.4) is 0 Å². The highest BCUT2D eigenvalue weighted by Crippen LogP contribution is 2.42. The summed E-state index contributed by atoms with van der Waals surface area (Å²) in [6.07, 6.45) is 0. The molecule has 0 atom stereocenters. The van der Waals surface area contributed by atoms with Crippen molar-refractivity contribution in [3.05, 3.63) is 47.7 Å². The predicted molar refractivity (Wildman–Crippen MR) is 92.4 cm³/mol. The summed E-state index contributed by atoms with van der Waals surface area (Å²) in [5.74, 6) is 1.34. The van der Waals surface area contributed by atoms with E-state index in [-0.39, 0.29) is 19.1 Å². The molecule has 2 aromatic carbocycles. The van der Waals surface area contributed by atoms with Gasteiger partial charge < -0.3 is 25.7 Å². The van der Waals surface area contributed by atoms with Gasteiger partial charge in [0.15, 0.2) is 17.2 Å². The molecule has 0 radical (unpaired) electrons. The van der Waals surface area contributed by atoms with Crippen molar-refractivity contribution >= 4 is 11.6 Å². The third-order valence-corrected chi connectivity index (χ3v) is 4.45. The molecule has 8 nitrogen and oxygen atoms in total. The molecule has 0 aliphatic carbocycles. The average Bonchev–Trinajstić information content (AvgIpc) is 3.25. The molecule has 8 heteroatoms. The van der Waals surface area contributed by atoms with Crippen molar-refractivity contribution in [3.63, 3.8) is 0 Å². The van der Waals surface area contributed by atoms with Gasteiger partial charge >= 0.3 is 0 Å². The Hall–Kier alpha value is -3.68. The normalized spacial score (nSPS) is 13.7. The van der Waals surface area contributed by atoms with Crippen molar-refractivity contribution in [3.8, 4) is 34.2 Å². The van der Waals surface area contributed by atoms with E-state index in [1.54, 1.807) is 28.9 Å². The summed E-state index contributed by atoms with van der Waals surface area (Å²) in [6.45, 7) is 0.380. The van der Waals surface area contributed by atoms with Crippen molar-refractivity contribution in [1.82, 2.24) is 9.78 Å². The van der Waals surface area contributed by atoms with Gasteiger partial charge in [-0.25, -0.2) is 4.68 Å². The summed E-state index contributed by atoms with van der Waals surface area (Å²) in [4.78, 5) is 11.9. The molecule has 2 aliphatic heterocycles. The van der Waals surface area contributed by atoms with Crippen LogP contribution in [0.15, 0.2) is 36.4 Å². The van der Waals surface area contributed by atoms with Crippen LogP contribution in [0.1, 0.15) is 16.1 Å². The number of hydrogen-bond donors (Lipinski definition) is 2. The molecule has 2 aliphatic rings. The Bertz CT molecular complexity index is 1070. The number of ether oxygens (including phenoxy) is 3. The lowest BCUT2D eigenvalue weighted by molar-refractivity contribution is 0.0992. The van der Waals surface area contributed by atoms with E-state index in [2.05, 4.69) is 5.10 Å². The number of hydrogen-bond acceptors (Lipinski definition) is 6. The molecule has 130 valence electrons. The van der Waals surface area contributed by atoms with Gasteiger partial charge in [0.05, 0.1) is 11.4 Å². The van der Waals surface area contributed by atoms with Gasteiger partial charge in [-0.05, 0) is 30.3 Å². The van der Waals surface area contributed by atoms with Crippen LogP contribution in [0, 0.1) is 0 Å². The van der Waals surface area contributed by atoms with E-state index in [1.807, 2.05) is 12.1 Å². The molecule has 1 aromatic heterocycles. The fourth-order valence-corrected chi connectivity index (χ4v) is 3.27. The first-order valence-electron chi connectivity index (χ1n) is 7.96. The zero-order valence-corrected chi connectivity index (χ0v) is 13.6. The van der Waals surface area contributed by atoms with Crippen LogP contribution in [-0.2, 0) is 6.61 Å². The number of rotatable bonds is 2. The summed E-state index contributed by atoms with van der Waals surface area (Å²) >= 11 is 0. The number of primary amides is 1. The maximum atomic E-state index is 11.9. The highest BCUT2D eigenvalue weighted by atomic mass is 16.7. The van der Waals surface area contributed by atoms with Crippen LogP contribution >= 0.6 is 0 Å². The lowest BCUT2D eigenvalue weighted by Crippen LogP contribution is -2.16. The van der Waals surface area contributed by atoms with Gasteiger partial charge in [-0.1, -0.05) is 0 Å². The Labute approximate surface area is 147 Å². The smallest absolute Gasteiger partial charge is 0.269 e. The van der Waals surface area contributed by atoms with Crippen LogP contribution in [0.5, 0.6) is 17.2 Å². The van der Waals surface area contributed by atoms with Gasteiger partial charge in [-0.3, -0.25) is 4.79 Å². The molecule has 3 aromatic rings. The second kappa shape index (κ2) is 5.16. The van der Waals surface area contributed by atoms with Crippen LogP contribution in [0.4, 0.5) is 5.69 Å². The number of anilines is 1. The summed E-state index contributed by atoms with van der Waals surface area (Å²) in [5.41, 5.74) is 15.1. The van der Waals surface area contributed by atoms with Crippen molar-refractivity contribution in [2.75, 3.05) is 12.5 Å². The minimum atomic E-state index is -0.614. The van der Waals surface area contributed by atoms with E-state index in [0.717, 1.165) is 11.3 Å². The molecular weight excluding hydrogens is 336 g/mol. The summed E-state index contributed by atoms with van der Waals surface area (Å²) < 4.78 is 18.2. The Kier molecular flexibility index (Phi) is 2.90. The molecule has 1 amide bonds. The maximum absolute atomic E-state index is 11.9. The van der Waals surface area contributed by atoms with Gasteiger partial charge in [0.1, 0.15) is 12.4 Å². The zero-order chi connectivity index (χ0) is 17.8. The average molecular weight is 350 g/mol. The quantitative estimate of drug-likeness (QED) is 0.682. The second-order valence-corrected chi connectivity index (χ2v) is 6.03. The molecule has 0 spiro atoms. The van der Waals surface area contributed by atoms with Crippen molar-refractivity contribution in [1.29, 1.82) is 0 Å². The van der Waals surface area contributed by atoms with Gasteiger partial charge in [0.2, 0.25) is 6.79 Å². The minimum Gasteiger partial charge on any atom is -0.488 e. The highest BCUT2D eigenvalue weighted by Gasteiger charge is 2.30. The van der Waals surface area contributed by atoms with E-state index in [0.29, 0.717) is 34.2 Å². The van der Waals surface area contributed by atoms with Gasteiger partial charge in [0, 0.05) is 22.9 Å². The van der Waals surface area contributed by atoms with Crippen LogP contribution in [-0.4, -0.2) is 22.5 Å². The number of carbonyl (C=O) groups excluding carboxylic acids is 1. The SMILES string of the molecule is NC(=O)c1nn(-c2ccc3c(c2)OCO3)c2c1COc1ccc(N)cc1-2. The lowest BCUT2D eigenvalue weighted by atomic mass is 10.0. The number of benzene rings is 2. The molecule has 0 saturated heterocycles. The zero-order valence-electron chi connectivity index (χ0n) is 13.6. The molecule has 3 heterocycles. The van der Waals surface area contributed by atoms with Gasteiger partial charge in [0.25, 0.3) is 5.91 Å². The summed E-state index contributed by atoms with van der Waals surface area (Å²) in [5, 5.41) is 4.44. The molecule has 0 fully saturated rings. The largest absolute Gasteiger partial charge is 0.488 e. The molecular formula is C18H14N4O4. The van der Waals surface area contributed by atoms with E-state index in [4.69, 9.17) is 25.7 Å². The summed E-state index contributed by atoms with van der Waals surface area (Å²) in [7, 11) is 0. The minimum absolute atomic E-state index is 0.172.